The Morgan fingerprint density at radius 3 is 2.05 bits per heavy atom. The van der Waals surface area contributed by atoms with Crippen LogP contribution in [0.4, 0.5) is 0 Å². The molecule has 0 aliphatic heterocycles. The van der Waals surface area contributed by atoms with Gasteiger partial charge in [0, 0.05) is 6.42 Å². The van der Waals surface area contributed by atoms with Crippen molar-refractivity contribution in [1.29, 1.82) is 0 Å². The van der Waals surface area contributed by atoms with Crippen molar-refractivity contribution in [2.45, 2.75) is 53.9 Å². The van der Waals surface area contributed by atoms with Crippen LogP contribution in [0.1, 0.15) is 59.6 Å². The van der Waals surface area contributed by atoms with Crippen molar-refractivity contribution >= 4 is 16.9 Å². The number of carbonyl (C=O) groups excluding carboxylic acids is 1. The Kier molecular flexibility index (Phi) is 4.55. The molecule has 1 aliphatic carbocycles. The van der Waals surface area contributed by atoms with E-state index in [1.165, 1.54) is 33.4 Å². The van der Waals surface area contributed by atoms with Gasteiger partial charge in [0.2, 0.25) is 0 Å². The van der Waals surface area contributed by atoms with Crippen molar-refractivity contribution in [2.24, 2.45) is 0 Å². The summed E-state index contributed by atoms with van der Waals surface area (Å²) < 4.78 is 0. The van der Waals surface area contributed by atoms with Crippen LogP contribution in [0, 0.1) is 27.7 Å². The maximum absolute atomic E-state index is 12.0. The number of ketones is 1. The summed E-state index contributed by atoms with van der Waals surface area (Å²) >= 11 is 0. The molecule has 0 atom stereocenters. The fourth-order valence-corrected chi connectivity index (χ4v) is 3.27. The first-order valence-electron chi connectivity index (χ1n) is 8.01. The number of rotatable bonds is 2. The van der Waals surface area contributed by atoms with Gasteiger partial charge in [0.05, 0.1) is 0 Å². The predicted molar refractivity (Wildman–Crippen MR) is 96.1 cm³/mol. The van der Waals surface area contributed by atoms with Crippen LogP contribution in [0.5, 0.6) is 0 Å². The number of benzene rings is 1. The van der Waals surface area contributed by atoms with E-state index in [-0.39, 0.29) is 5.78 Å². The summed E-state index contributed by atoms with van der Waals surface area (Å²) in [5.41, 5.74) is 10.8. The average Bonchev–Trinajstić information content (AvgIpc) is 2.62. The number of allylic oxidation sites excluding steroid dienone is 4. The lowest BCUT2D eigenvalue weighted by atomic mass is 9.83. The van der Waals surface area contributed by atoms with E-state index in [0.717, 1.165) is 29.6 Å². The van der Waals surface area contributed by atoms with Crippen LogP contribution in [0.3, 0.4) is 0 Å². The van der Waals surface area contributed by atoms with E-state index in [1.807, 2.05) is 13.0 Å². The van der Waals surface area contributed by atoms with Crippen molar-refractivity contribution < 1.29 is 4.79 Å². The third-order valence-electron chi connectivity index (χ3n) is 5.12. The fraction of sp³-hybridized carbons (Fsp3) is 0.381. The Labute approximate surface area is 134 Å². The quantitative estimate of drug-likeness (QED) is 0.509. The third kappa shape index (κ3) is 2.61. The molecule has 2 rings (SSSR count). The van der Waals surface area contributed by atoms with Crippen molar-refractivity contribution in [3.8, 4) is 0 Å². The summed E-state index contributed by atoms with van der Waals surface area (Å²) in [7, 11) is 0. The molecule has 116 valence electrons. The molecule has 1 heteroatoms. The lowest BCUT2D eigenvalue weighted by molar-refractivity contribution is -0.114. The van der Waals surface area contributed by atoms with Crippen LogP contribution in [0.15, 0.2) is 24.8 Å². The smallest absolute Gasteiger partial charge is 0.155 e. The number of fused-ring (bicyclic) bond motifs is 1. The van der Waals surface area contributed by atoms with Crippen LogP contribution < -0.4 is 0 Å². The van der Waals surface area contributed by atoms with Gasteiger partial charge in [-0.15, -0.1) is 0 Å². The summed E-state index contributed by atoms with van der Waals surface area (Å²) in [6.45, 7) is 19.0. The zero-order chi connectivity index (χ0) is 16.6. The van der Waals surface area contributed by atoms with E-state index in [2.05, 4.69) is 40.9 Å². The lowest BCUT2D eigenvalue weighted by Gasteiger charge is -2.21. The highest BCUT2D eigenvalue weighted by molar-refractivity contribution is 6.00. The van der Waals surface area contributed by atoms with E-state index in [0.29, 0.717) is 6.42 Å². The summed E-state index contributed by atoms with van der Waals surface area (Å²) in [4.78, 5) is 12.0. The van der Waals surface area contributed by atoms with Gasteiger partial charge in [0.15, 0.2) is 5.78 Å². The molecule has 0 fully saturated rings. The van der Waals surface area contributed by atoms with Crippen LogP contribution in [0.2, 0.25) is 0 Å². The molecule has 0 aromatic heterocycles. The second-order valence-electron chi connectivity index (χ2n) is 6.32. The largest absolute Gasteiger partial charge is 0.295 e. The molecule has 1 aliphatic rings. The third-order valence-corrected chi connectivity index (χ3v) is 5.12. The minimum absolute atomic E-state index is 0.189. The van der Waals surface area contributed by atoms with E-state index < -0.39 is 0 Å². The first-order valence-corrected chi connectivity index (χ1v) is 8.01. The van der Waals surface area contributed by atoms with Crippen molar-refractivity contribution in [3.63, 3.8) is 0 Å². The zero-order valence-corrected chi connectivity index (χ0v) is 14.5. The van der Waals surface area contributed by atoms with Gasteiger partial charge < -0.3 is 0 Å². The average molecular weight is 294 g/mol. The van der Waals surface area contributed by atoms with E-state index >= 15 is 0 Å². The van der Waals surface area contributed by atoms with Gasteiger partial charge in [-0.1, -0.05) is 20.1 Å². The lowest BCUT2D eigenvalue weighted by Crippen LogP contribution is -2.04. The SMILES string of the molecule is C=C1CC/C(=C/C(=O)CC)c2c(C)c(C)c(C)c(C)c2C1=C. The molecule has 0 heterocycles. The molecule has 0 N–H and O–H groups in total. The minimum atomic E-state index is 0.189. The van der Waals surface area contributed by atoms with Gasteiger partial charge in [-0.25, -0.2) is 0 Å². The summed E-state index contributed by atoms with van der Waals surface area (Å²) in [6.07, 6.45) is 4.11. The molecule has 0 saturated carbocycles. The summed E-state index contributed by atoms with van der Waals surface area (Å²) in [5.74, 6) is 0.189. The zero-order valence-electron chi connectivity index (χ0n) is 14.5. The molecule has 0 unspecified atom stereocenters. The molecule has 1 aromatic rings. The Morgan fingerprint density at radius 1 is 0.955 bits per heavy atom. The van der Waals surface area contributed by atoms with Gasteiger partial charge in [0.25, 0.3) is 0 Å². The molecular formula is C21H26O. The molecule has 0 amide bonds. The molecule has 22 heavy (non-hydrogen) atoms. The highest BCUT2D eigenvalue weighted by atomic mass is 16.1. The Balaban J connectivity index is 2.87. The normalized spacial score (nSPS) is 16.7. The van der Waals surface area contributed by atoms with Crippen molar-refractivity contribution in [2.75, 3.05) is 0 Å². The number of hydrogen-bond donors (Lipinski definition) is 0. The fourth-order valence-electron chi connectivity index (χ4n) is 3.27. The molecule has 0 bridgehead atoms. The van der Waals surface area contributed by atoms with Gasteiger partial charge >= 0.3 is 0 Å². The monoisotopic (exact) mass is 294 g/mol. The van der Waals surface area contributed by atoms with E-state index in [1.54, 1.807) is 0 Å². The Bertz CT molecular complexity index is 714. The predicted octanol–water partition coefficient (Wildman–Crippen LogP) is 5.65. The Morgan fingerprint density at radius 2 is 1.50 bits per heavy atom. The minimum Gasteiger partial charge on any atom is -0.295 e. The van der Waals surface area contributed by atoms with Crippen LogP contribution in [-0.4, -0.2) is 5.78 Å². The molecule has 0 radical (unpaired) electrons. The second-order valence-corrected chi connectivity index (χ2v) is 6.32. The van der Waals surface area contributed by atoms with Gasteiger partial charge in [-0.2, -0.15) is 0 Å². The highest BCUT2D eigenvalue weighted by Crippen LogP contribution is 2.43. The van der Waals surface area contributed by atoms with Crippen molar-refractivity contribution in [1.82, 2.24) is 0 Å². The van der Waals surface area contributed by atoms with Crippen LogP contribution >= 0.6 is 0 Å². The van der Waals surface area contributed by atoms with Gasteiger partial charge in [0.1, 0.15) is 0 Å². The molecule has 0 saturated heterocycles. The maximum Gasteiger partial charge on any atom is 0.155 e. The molecule has 0 spiro atoms. The molecular weight excluding hydrogens is 268 g/mol. The second kappa shape index (κ2) is 6.08. The van der Waals surface area contributed by atoms with E-state index in [4.69, 9.17) is 0 Å². The van der Waals surface area contributed by atoms with Gasteiger partial charge in [-0.05, 0) is 96.7 Å². The first-order chi connectivity index (χ1) is 10.3. The van der Waals surface area contributed by atoms with Crippen molar-refractivity contribution in [3.05, 3.63) is 58.2 Å². The van der Waals surface area contributed by atoms with E-state index in [9.17, 15) is 4.79 Å². The number of hydrogen-bond acceptors (Lipinski definition) is 1. The molecule has 1 aromatic carbocycles. The van der Waals surface area contributed by atoms with Crippen LogP contribution in [0.25, 0.3) is 11.1 Å². The van der Waals surface area contributed by atoms with Gasteiger partial charge in [-0.3, -0.25) is 4.79 Å². The summed E-state index contributed by atoms with van der Waals surface area (Å²) in [5, 5.41) is 0. The Hall–Kier alpha value is -1.89. The highest BCUT2D eigenvalue weighted by Gasteiger charge is 2.24. The first kappa shape index (κ1) is 16.5. The maximum atomic E-state index is 12.0. The topological polar surface area (TPSA) is 17.1 Å². The summed E-state index contributed by atoms with van der Waals surface area (Å²) in [6, 6.07) is 0. The molecule has 1 nitrogen and oxygen atoms in total. The van der Waals surface area contributed by atoms with Crippen LogP contribution in [-0.2, 0) is 4.79 Å². The standard InChI is InChI=1S/C21H26O/c1-8-19(22)11-18-10-9-12(2)13(3)20-16(6)14(4)15(5)17(7)21(18)20/h11H,2-3,8-10H2,1,4-7H3/b18-11-. The number of carbonyl (C=O) groups is 1.